The van der Waals surface area contributed by atoms with Gasteiger partial charge in [-0.25, -0.2) is 0 Å². The third-order valence-electron chi connectivity index (χ3n) is 6.58. The van der Waals surface area contributed by atoms with Gasteiger partial charge in [-0.2, -0.15) is 0 Å². The molecular formula is C29H35ClN6O2S. The summed E-state index contributed by atoms with van der Waals surface area (Å²) in [7, 11) is 0. The Kier molecular flexibility index (Phi) is 10.1. The highest BCUT2D eigenvalue weighted by Gasteiger charge is 2.26. The predicted molar refractivity (Wildman–Crippen MR) is 157 cm³/mol. The van der Waals surface area contributed by atoms with Crippen molar-refractivity contribution in [3.8, 4) is 0 Å². The van der Waals surface area contributed by atoms with E-state index in [1.807, 2.05) is 27.7 Å². The maximum atomic E-state index is 13.1. The molecular weight excluding hydrogens is 532 g/mol. The minimum atomic E-state index is -0.377. The third-order valence-corrected chi connectivity index (χ3v) is 7.86. The van der Waals surface area contributed by atoms with Crippen molar-refractivity contribution in [1.29, 1.82) is 0 Å². The second-order valence-electron chi connectivity index (χ2n) is 9.87. The lowest BCUT2D eigenvalue weighted by Gasteiger charge is -2.36. The smallest absolute Gasteiger partial charge is 0.253 e. The van der Waals surface area contributed by atoms with Crippen LogP contribution in [0.1, 0.15) is 42.5 Å². The number of allylic oxidation sites excluding steroid dienone is 1. The number of aromatic nitrogens is 3. The van der Waals surface area contributed by atoms with Crippen molar-refractivity contribution in [1.82, 2.24) is 25.0 Å². The highest BCUT2D eigenvalue weighted by Crippen LogP contribution is 2.27. The van der Waals surface area contributed by atoms with Gasteiger partial charge in [-0.05, 0) is 36.6 Å². The number of carbonyl (C=O) groups excluding carboxylic acids is 2. The van der Waals surface area contributed by atoms with Crippen LogP contribution in [0.25, 0.3) is 0 Å². The van der Waals surface area contributed by atoms with Crippen LogP contribution in [-0.2, 0) is 11.3 Å². The molecule has 2 heterocycles. The lowest BCUT2D eigenvalue weighted by molar-refractivity contribution is -0.128. The molecule has 2 aromatic carbocycles. The van der Waals surface area contributed by atoms with E-state index < -0.39 is 0 Å². The molecule has 1 N–H and O–H groups in total. The summed E-state index contributed by atoms with van der Waals surface area (Å²) in [5.74, 6) is 1.01. The van der Waals surface area contributed by atoms with Crippen molar-refractivity contribution in [2.75, 3.05) is 36.8 Å². The third kappa shape index (κ3) is 7.42. The highest BCUT2D eigenvalue weighted by atomic mass is 35.5. The van der Waals surface area contributed by atoms with E-state index in [4.69, 9.17) is 11.6 Å². The number of amides is 2. The van der Waals surface area contributed by atoms with Crippen LogP contribution in [0.15, 0.2) is 72.4 Å². The number of anilines is 1. The number of para-hydroxylation sites is 1. The van der Waals surface area contributed by atoms with Gasteiger partial charge in [0.2, 0.25) is 5.91 Å². The molecule has 1 saturated heterocycles. The first-order valence-electron chi connectivity index (χ1n) is 13.2. The number of carbonyl (C=O) groups is 2. The Morgan fingerprint density at radius 2 is 1.74 bits per heavy atom. The predicted octanol–water partition coefficient (Wildman–Crippen LogP) is 5.08. The fourth-order valence-electron chi connectivity index (χ4n) is 4.62. The summed E-state index contributed by atoms with van der Waals surface area (Å²) < 4.78 is 1.93. The van der Waals surface area contributed by atoms with Crippen molar-refractivity contribution in [2.45, 2.75) is 38.0 Å². The van der Waals surface area contributed by atoms with E-state index in [1.54, 1.807) is 30.3 Å². The molecule has 3 aromatic rings. The van der Waals surface area contributed by atoms with Gasteiger partial charge >= 0.3 is 0 Å². The molecule has 1 aliphatic heterocycles. The zero-order valence-corrected chi connectivity index (χ0v) is 24.0. The Balaban J connectivity index is 1.42. The van der Waals surface area contributed by atoms with Crippen LogP contribution < -0.4 is 10.2 Å². The van der Waals surface area contributed by atoms with E-state index in [1.165, 1.54) is 17.4 Å². The van der Waals surface area contributed by atoms with E-state index in [9.17, 15) is 9.59 Å². The van der Waals surface area contributed by atoms with Crippen molar-refractivity contribution >= 4 is 40.9 Å². The van der Waals surface area contributed by atoms with E-state index >= 15 is 0 Å². The van der Waals surface area contributed by atoms with Crippen LogP contribution in [0.4, 0.5) is 5.69 Å². The molecule has 10 heteroatoms. The number of nitrogens with one attached hydrogen (secondary N) is 1. The molecule has 1 fully saturated rings. The van der Waals surface area contributed by atoms with Gasteiger partial charge in [0.25, 0.3) is 5.91 Å². The fourth-order valence-corrected chi connectivity index (χ4v) is 5.70. The maximum Gasteiger partial charge on any atom is 0.253 e. The first-order chi connectivity index (χ1) is 18.9. The summed E-state index contributed by atoms with van der Waals surface area (Å²) in [4.78, 5) is 30.3. The zero-order chi connectivity index (χ0) is 27.8. The number of thioether (sulfide) groups is 1. The van der Waals surface area contributed by atoms with Gasteiger partial charge in [0.05, 0.1) is 22.4 Å². The standard InChI is InChI=1S/C29H35ClN6O2S/c1-4-14-36-27(25(19-21(2)3)31-28(38)23-12-8-9-13-24(23)30)32-33-29(36)39-20-26(37)35-17-15-34(16-18-35)22-10-6-5-7-11-22/h4-13,21,25H,1,14-20H2,2-3H3,(H,31,38)/t25-/m0/s1. The van der Waals surface area contributed by atoms with Crippen LogP contribution in [0.3, 0.4) is 0 Å². The van der Waals surface area contributed by atoms with Gasteiger partial charge < -0.3 is 19.7 Å². The molecule has 0 aliphatic carbocycles. The lowest BCUT2D eigenvalue weighted by Crippen LogP contribution is -2.49. The van der Waals surface area contributed by atoms with Gasteiger partial charge in [0.1, 0.15) is 0 Å². The van der Waals surface area contributed by atoms with E-state index in [0.29, 0.717) is 53.5 Å². The number of nitrogens with zero attached hydrogens (tertiary/aromatic N) is 5. The van der Waals surface area contributed by atoms with Crippen LogP contribution >= 0.6 is 23.4 Å². The van der Waals surface area contributed by atoms with Crippen molar-refractivity contribution in [3.63, 3.8) is 0 Å². The molecule has 1 aromatic heterocycles. The number of hydrogen-bond acceptors (Lipinski definition) is 6. The number of piperazine rings is 1. The van der Waals surface area contributed by atoms with Crippen molar-refractivity contribution < 1.29 is 9.59 Å². The molecule has 1 atom stereocenters. The maximum absolute atomic E-state index is 13.1. The minimum absolute atomic E-state index is 0.0770. The van der Waals surface area contributed by atoms with Crippen molar-refractivity contribution in [2.24, 2.45) is 5.92 Å². The Hall–Kier alpha value is -3.30. The fraction of sp³-hybridized carbons (Fsp3) is 0.379. The Morgan fingerprint density at radius 3 is 2.41 bits per heavy atom. The second-order valence-corrected chi connectivity index (χ2v) is 11.2. The van der Waals surface area contributed by atoms with Crippen LogP contribution in [0.5, 0.6) is 0 Å². The summed E-state index contributed by atoms with van der Waals surface area (Å²) in [6.07, 6.45) is 2.44. The Morgan fingerprint density at radius 1 is 1.05 bits per heavy atom. The average Bonchev–Trinajstić information content (AvgIpc) is 3.34. The van der Waals surface area contributed by atoms with Gasteiger partial charge in [-0.1, -0.05) is 73.6 Å². The molecule has 2 amide bonds. The van der Waals surface area contributed by atoms with Crippen LogP contribution in [0.2, 0.25) is 5.02 Å². The Labute approximate surface area is 239 Å². The molecule has 206 valence electrons. The number of benzene rings is 2. The molecule has 0 saturated carbocycles. The lowest BCUT2D eigenvalue weighted by atomic mass is 10.0. The number of halogens is 1. The topological polar surface area (TPSA) is 83.4 Å². The molecule has 0 spiro atoms. The summed E-state index contributed by atoms with van der Waals surface area (Å²) in [6.45, 7) is 11.5. The zero-order valence-electron chi connectivity index (χ0n) is 22.4. The SMILES string of the molecule is C=CCn1c(SCC(=O)N2CCN(c3ccccc3)CC2)nnc1[C@H](CC(C)C)NC(=O)c1ccccc1Cl. The quantitative estimate of drug-likeness (QED) is 0.257. The summed E-state index contributed by atoms with van der Waals surface area (Å²) in [6, 6.07) is 16.9. The normalized spacial score (nSPS) is 14.4. The highest BCUT2D eigenvalue weighted by molar-refractivity contribution is 7.99. The molecule has 0 bridgehead atoms. The van der Waals surface area contributed by atoms with E-state index in [2.05, 4.69) is 53.0 Å². The summed E-state index contributed by atoms with van der Waals surface area (Å²) in [5, 5.41) is 13.0. The Bertz CT molecular complexity index is 1270. The van der Waals surface area contributed by atoms with Gasteiger partial charge in [0.15, 0.2) is 11.0 Å². The van der Waals surface area contributed by atoms with Gasteiger partial charge in [-0.15, -0.1) is 16.8 Å². The number of rotatable bonds is 11. The molecule has 0 radical (unpaired) electrons. The second kappa shape index (κ2) is 13.7. The van der Waals surface area contributed by atoms with Gasteiger partial charge in [0, 0.05) is 38.4 Å². The van der Waals surface area contributed by atoms with E-state index in [0.717, 1.165) is 13.1 Å². The van der Waals surface area contributed by atoms with E-state index in [-0.39, 0.29) is 23.6 Å². The van der Waals surface area contributed by atoms with Crippen LogP contribution in [-0.4, -0.2) is 63.4 Å². The molecule has 1 aliphatic rings. The van der Waals surface area contributed by atoms with Crippen LogP contribution in [0, 0.1) is 5.92 Å². The summed E-state index contributed by atoms with van der Waals surface area (Å²) in [5.41, 5.74) is 1.59. The first kappa shape index (κ1) is 28.7. The molecule has 8 nitrogen and oxygen atoms in total. The molecule has 39 heavy (non-hydrogen) atoms. The first-order valence-corrected chi connectivity index (χ1v) is 14.5. The van der Waals surface area contributed by atoms with Gasteiger partial charge in [-0.3, -0.25) is 9.59 Å². The monoisotopic (exact) mass is 566 g/mol. The molecule has 0 unspecified atom stereocenters. The van der Waals surface area contributed by atoms with Crippen molar-refractivity contribution in [3.05, 3.63) is 83.7 Å². The largest absolute Gasteiger partial charge is 0.368 e. The number of hydrogen-bond donors (Lipinski definition) is 1. The molecule has 4 rings (SSSR count). The average molecular weight is 567 g/mol. The summed E-state index contributed by atoms with van der Waals surface area (Å²) >= 11 is 7.63. The minimum Gasteiger partial charge on any atom is -0.368 e.